The molecule has 2 rings (SSSR count). The van der Waals surface area contributed by atoms with E-state index in [9.17, 15) is 9.90 Å². The van der Waals surface area contributed by atoms with Gasteiger partial charge in [-0.05, 0) is 11.8 Å². The Kier molecular flexibility index (Phi) is 4.68. The molecule has 2 atom stereocenters. The van der Waals surface area contributed by atoms with Gasteiger partial charge in [0.05, 0.1) is 30.6 Å². The molecule has 1 aliphatic heterocycles. The number of aromatic nitrogens is 2. The molecular weight excluding hydrogens is 270 g/mol. The number of hydrogen-bond donors (Lipinski definition) is 1. The topological polar surface area (TPSA) is 67.6 Å². The molecule has 1 saturated heterocycles. The summed E-state index contributed by atoms with van der Waals surface area (Å²) in [5.74, 6) is 0. The summed E-state index contributed by atoms with van der Waals surface area (Å²) in [5.41, 5.74) is 0.359. The maximum Gasteiger partial charge on any atom is 0.268 e. The first kappa shape index (κ1) is 16.0. The number of aliphatic hydroxyl groups excluding tert-OH is 1. The van der Waals surface area contributed by atoms with Crippen molar-refractivity contribution >= 4 is 5.69 Å². The smallest absolute Gasteiger partial charge is 0.268 e. The van der Waals surface area contributed by atoms with Crippen molar-refractivity contribution in [2.75, 3.05) is 25.1 Å². The van der Waals surface area contributed by atoms with E-state index in [1.54, 1.807) is 19.4 Å². The van der Waals surface area contributed by atoms with Gasteiger partial charge in [-0.2, -0.15) is 5.10 Å². The molecule has 6 heteroatoms. The summed E-state index contributed by atoms with van der Waals surface area (Å²) >= 11 is 0. The molecule has 21 heavy (non-hydrogen) atoms. The fraction of sp³-hybridized carbons (Fsp3) is 0.733. The van der Waals surface area contributed by atoms with Gasteiger partial charge in [-0.15, -0.1) is 0 Å². The van der Waals surface area contributed by atoms with E-state index in [1.807, 2.05) is 20.8 Å². The third kappa shape index (κ3) is 3.83. The number of nitrogens with zero attached hydrogens (tertiary/aromatic N) is 3. The van der Waals surface area contributed by atoms with E-state index in [-0.39, 0.29) is 23.6 Å². The fourth-order valence-corrected chi connectivity index (χ4v) is 2.33. The summed E-state index contributed by atoms with van der Waals surface area (Å²) < 4.78 is 6.65. The second-order valence-electron chi connectivity index (χ2n) is 6.71. The number of aliphatic hydroxyl groups is 1. The number of anilines is 1. The molecule has 1 fully saturated rings. The van der Waals surface area contributed by atoms with Gasteiger partial charge in [0.1, 0.15) is 0 Å². The maximum absolute atomic E-state index is 12.1. The van der Waals surface area contributed by atoms with Crippen LogP contribution < -0.4 is 10.5 Å². The number of rotatable bonds is 4. The summed E-state index contributed by atoms with van der Waals surface area (Å²) in [6.07, 6.45) is 2.25. The van der Waals surface area contributed by atoms with Gasteiger partial charge in [-0.25, -0.2) is 4.68 Å². The second-order valence-corrected chi connectivity index (χ2v) is 6.71. The average Bonchev–Trinajstić information content (AvgIpc) is 2.88. The van der Waals surface area contributed by atoms with Crippen LogP contribution >= 0.6 is 0 Å². The first-order valence-electron chi connectivity index (χ1n) is 7.34. The Labute approximate surface area is 125 Å². The first-order chi connectivity index (χ1) is 9.81. The van der Waals surface area contributed by atoms with Crippen LogP contribution in [0.1, 0.15) is 27.2 Å². The molecule has 0 saturated carbocycles. The van der Waals surface area contributed by atoms with E-state index >= 15 is 0 Å². The number of hydrogen-bond acceptors (Lipinski definition) is 5. The molecule has 1 aromatic rings. The highest BCUT2D eigenvalue weighted by Gasteiger charge is 2.25. The molecule has 0 aliphatic carbocycles. The van der Waals surface area contributed by atoms with Gasteiger partial charge in [0.25, 0.3) is 5.56 Å². The van der Waals surface area contributed by atoms with Crippen molar-refractivity contribution in [2.24, 2.45) is 5.41 Å². The van der Waals surface area contributed by atoms with E-state index in [0.717, 1.165) is 25.2 Å². The van der Waals surface area contributed by atoms with E-state index in [4.69, 9.17) is 4.74 Å². The molecule has 118 valence electrons. The van der Waals surface area contributed by atoms with Crippen molar-refractivity contribution in [3.63, 3.8) is 0 Å². The molecular formula is C15H25N3O3. The van der Waals surface area contributed by atoms with Gasteiger partial charge >= 0.3 is 0 Å². The Hall–Kier alpha value is -1.40. The molecule has 0 aromatic carbocycles. The predicted octanol–water partition coefficient (Wildman–Crippen LogP) is 0.875. The minimum atomic E-state index is -0.613. The largest absolute Gasteiger partial charge is 0.391 e. The van der Waals surface area contributed by atoms with Crippen molar-refractivity contribution < 1.29 is 9.84 Å². The summed E-state index contributed by atoms with van der Waals surface area (Å²) in [6.45, 7) is 7.67. The Balaban J connectivity index is 2.10. The van der Waals surface area contributed by atoms with Gasteiger partial charge < -0.3 is 14.7 Å². The molecule has 1 aromatic heterocycles. The lowest BCUT2D eigenvalue weighted by Gasteiger charge is -2.26. The van der Waals surface area contributed by atoms with Gasteiger partial charge in [-0.3, -0.25) is 4.79 Å². The lowest BCUT2D eigenvalue weighted by molar-refractivity contribution is 0.0438. The quantitative estimate of drug-likeness (QED) is 0.893. The fourth-order valence-electron chi connectivity index (χ4n) is 2.33. The molecule has 0 radical (unpaired) electrons. The van der Waals surface area contributed by atoms with E-state index in [2.05, 4.69) is 10.00 Å². The van der Waals surface area contributed by atoms with Gasteiger partial charge in [0.15, 0.2) is 0 Å². The zero-order valence-electron chi connectivity index (χ0n) is 13.2. The van der Waals surface area contributed by atoms with Crippen molar-refractivity contribution in [3.8, 4) is 0 Å². The highest BCUT2D eigenvalue weighted by Crippen LogP contribution is 2.21. The summed E-state index contributed by atoms with van der Waals surface area (Å²) in [4.78, 5) is 14.2. The monoisotopic (exact) mass is 295 g/mol. The van der Waals surface area contributed by atoms with Gasteiger partial charge in [0, 0.05) is 26.3 Å². The standard InChI is InChI=1S/C15H25N3O3/c1-15(2,3)13(19)10-18-14(20)7-11(8-16-18)17-6-5-12(9-17)21-4/h7-8,12-13,19H,5-6,9-10H2,1-4H3. The molecule has 0 bridgehead atoms. The van der Waals surface area contributed by atoms with Crippen molar-refractivity contribution in [2.45, 2.75) is 45.9 Å². The van der Waals surface area contributed by atoms with Crippen molar-refractivity contribution in [1.29, 1.82) is 0 Å². The van der Waals surface area contributed by atoms with Gasteiger partial charge in [-0.1, -0.05) is 20.8 Å². The Bertz CT molecular complexity index is 536. The summed E-state index contributed by atoms with van der Waals surface area (Å²) in [6, 6.07) is 1.58. The molecule has 0 spiro atoms. The normalized spacial score (nSPS) is 20.8. The van der Waals surface area contributed by atoms with Crippen LogP contribution in [0, 0.1) is 5.41 Å². The van der Waals surface area contributed by atoms with Crippen molar-refractivity contribution in [3.05, 3.63) is 22.6 Å². The average molecular weight is 295 g/mol. The van der Waals surface area contributed by atoms with Crippen LogP contribution in [0.4, 0.5) is 5.69 Å². The lowest BCUT2D eigenvalue weighted by atomic mass is 9.89. The predicted molar refractivity (Wildman–Crippen MR) is 81.6 cm³/mol. The Morgan fingerprint density at radius 1 is 1.52 bits per heavy atom. The molecule has 0 amide bonds. The van der Waals surface area contributed by atoms with Crippen LogP contribution in [0.3, 0.4) is 0 Å². The van der Waals surface area contributed by atoms with Crippen LogP contribution in [0.5, 0.6) is 0 Å². The molecule has 6 nitrogen and oxygen atoms in total. The van der Waals surface area contributed by atoms with Crippen molar-refractivity contribution in [1.82, 2.24) is 9.78 Å². The second kappa shape index (κ2) is 6.15. The Morgan fingerprint density at radius 2 is 2.24 bits per heavy atom. The maximum atomic E-state index is 12.1. The van der Waals surface area contributed by atoms with Crippen LogP contribution in [0.25, 0.3) is 0 Å². The Morgan fingerprint density at radius 3 is 2.76 bits per heavy atom. The molecule has 1 aliphatic rings. The van der Waals surface area contributed by atoms with Crippen LogP contribution in [0.15, 0.2) is 17.1 Å². The summed E-state index contributed by atoms with van der Waals surface area (Å²) in [7, 11) is 1.71. The zero-order chi connectivity index (χ0) is 15.6. The minimum absolute atomic E-state index is 0.184. The van der Waals surface area contributed by atoms with E-state index in [0.29, 0.717) is 0 Å². The zero-order valence-corrected chi connectivity index (χ0v) is 13.2. The van der Waals surface area contributed by atoms with E-state index < -0.39 is 6.10 Å². The SMILES string of the molecule is COC1CCN(c2cnn(CC(O)C(C)(C)C)c(=O)c2)C1. The highest BCUT2D eigenvalue weighted by atomic mass is 16.5. The third-order valence-corrected chi connectivity index (χ3v) is 4.04. The highest BCUT2D eigenvalue weighted by molar-refractivity contribution is 5.44. The van der Waals surface area contributed by atoms with Crippen LogP contribution in [-0.4, -0.2) is 47.3 Å². The van der Waals surface area contributed by atoms with Crippen LogP contribution in [0.2, 0.25) is 0 Å². The molecule has 2 heterocycles. The van der Waals surface area contributed by atoms with E-state index in [1.165, 1.54) is 4.68 Å². The number of methoxy groups -OCH3 is 1. The van der Waals surface area contributed by atoms with Crippen LogP contribution in [-0.2, 0) is 11.3 Å². The summed E-state index contributed by atoms with van der Waals surface area (Å²) in [5, 5.41) is 14.3. The third-order valence-electron chi connectivity index (χ3n) is 4.04. The first-order valence-corrected chi connectivity index (χ1v) is 7.34. The molecule has 2 unspecified atom stereocenters. The molecule has 1 N–H and O–H groups in total. The lowest BCUT2D eigenvalue weighted by Crippen LogP contribution is -2.36. The number of ether oxygens (including phenoxy) is 1. The minimum Gasteiger partial charge on any atom is -0.391 e. The van der Waals surface area contributed by atoms with Gasteiger partial charge in [0.2, 0.25) is 0 Å².